The predicted molar refractivity (Wildman–Crippen MR) is 92.2 cm³/mol. The lowest BCUT2D eigenvalue weighted by atomic mass is 10.3. The van der Waals surface area contributed by atoms with E-state index in [4.69, 9.17) is 39.5 Å². The van der Waals surface area contributed by atoms with E-state index in [1.165, 1.54) is 22.5 Å². The van der Waals surface area contributed by atoms with Crippen molar-refractivity contribution in [1.29, 1.82) is 0 Å². The van der Waals surface area contributed by atoms with Crippen molar-refractivity contribution in [2.24, 2.45) is 5.92 Å². The normalized spacial score (nSPS) is 23.7. The summed E-state index contributed by atoms with van der Waals surface area (Å²) in [4.78, 5) is 12.0. The molecule has 1 aliphatic carbocycles. The van der Waals surface area contributed by atoms with Crippen LogP contribution in [0.25, 0.3) is 0 Å². The fourth-order valence-electron chi connectivity index (χ4n) is 2.43. The van der Waals surface area contributed by atoms with E-state index in [-0.39, 0.29) is 28.9 Å². The van der Waals surface area contributed by atoms with Crippen LogP contribution in [0.1, 0.15) is 6.42 Å². The Morgan fingerprint density at radius 2 is 1.92 bits per heavy atom. The SMILES string of the molecule is O=C(Nc1ccc(Cl)c(S(=O)(=O)N2CCOCC2)c1)C1CC1(Cl)Cl. The number of hydrogen-bond acceptors (Lipinski definition) is 4. The number of rotatable bonds is 4. The predicted octanol–water partition coefficient (Wildman–Crippen LogP) is 2.49. The second kappa shape index (κ2) is 6.63. The van der Waals surface area contributed by atoms with E-state index in [9.17, 15) is 13.2 Å². The van der Waals surface area contributed by atoms with Crippen molar-refractivity contribution in [3.05, 3.63) is 23.2 Å². The molecule has 1 unspecified atom stereocenters. The minimum atomic E-state index is -3.76. The lowest BCUT2D eigenvalue weighted by molar-refractivity contribution is -0.117. The molecule has 3 rings (SSSR count). The number of halogens is 3. The first-order valence-electron chi connectivity index (χ1n) is 7.28. The maximum absolute atomic E-state index is 12.7. The minimum absolute atomic E-state index is 0.0531. The summed E-state index contributed by atoms with van der Waals surface area (Å²) in [5.74, 6) is -0.854. The molecule has 1 heterocycles. The van der Waals surface area contributed by atoms with Crippen LogP contribution in [0.5, 0.6) is 0 Å². The van der Waals surface area contributed by atoms with Crippen molar-refractivity contribution >= 4 is 56.4 Å². The average Bonchev–Trinajstić information content (AvgIpc) is 3.19. The van der Waals surface area contributed by atoms with Gasteiger partial charge in [0.25, 0.3) is 0 Å². The topological polar surface area (TPSA) is 75.7 Å². The molecular weight excluding hydrogens is 399 g/mol. The standard InChI is InChI=1S/C14H15Cl3N2O4S/c15-11-2-1-9(18-13(20)10-8-14(10,16)17)7-12(11)24(21,22)19-3-5-23-6-4-19/h1-2,7,10H,3-6,8H2,(H,18,20). The van der Waals surface area contributed by atoms with Crippen molar-refractivity contribution in [2.45, 2.75) is 15.6 Å². The number of benzene rings is 1. The molecule has 0 radical (unpaired) electrons. The van der Waals surface area contributed by atoms with Gasteiger partial charge in [0, 0.05) is 18.8 Å². The van der Waals surface area contributed by atoms with Gasteiger partial charge in [0.1, 0.15) is 9.23 Å². The summed E-state index contributed by atoms with van der Waals surface area (Å²) in [5.41, 5.74) is 0.326. The fourth-order valence-corrected chi connectivity index (χ4v) is 4.85. The molecule has 1 atom stereocenters. The number of amides is 1. The van der Waals surface area contributed by atoms with E-state index >= 15 is 0 Å². The summed E-state index contributed by atoms with van der Waals surface area (Å²) in [5, 5.41) is 2.72. The Bertz CT molecular complexity index is 763. The third-order valence-electron chi connectivity index (χ3n) is 3.93. The number of morpholine rings is 1. The van der Waals surface area contributed by atoms with Gasteiger partial charge in [0.2, 0.25) is 15.9 Å². The molecule has 1 aliphatic heterocycles. The van der Waals surface area contributed by atoms with E-state index in [0.717, 1.165) is 0 Å². The van der Waals surface area contributed by atoms with E-state index in [1.54, 1.807) is 0 Å². The van der Waals surface area contributed by atoms with Gasteiger partial charge in [0.05, 0.1) is 24.2 Å². The van der Waals surface area contributed by atoms with Crippen molar-refractivity contribution in [3.63, 3.8) is 0 Å². The van der Waals surface area contributed by atoms with E-state index in [1.807, 2.05) is 0 Å². The molecular formula is C14H15Cl3N2O4S. The third-order valence-corrected chi connectivity index (χ3v) is 7.14. The largest absolute Gasteiger partial charge is 0.379 e. The molecule has 1 aromatic rings. The Labute approximate surface area is 155 Å². The van der Waals surface area contributed by atoms with Crippen molar-refractivity contribution in [2.75, 3.05) is 31.6 Å². The van der Waals surface area contributed by atoms with Crippen LogP contribution in [0.2, 0.25) is 5.02 Å². The first-order valence-corrected chi connectivity index (χ1v) is 9.85. The summed E-state index contributed by atoms with van der Waals surface area (Å²) < 4.78 is 30.9. The molecule has 0 aromatic heterocycles. The number of hydrogen-bond donors (Lipinski definition) is 1. The molecule has 1 amide bonds. The number of anilines is 1. The van der Waals surface area contributed by atoms with Gasteiger partial charge >= 0.3 is 0 Å². The van der Waals surface area contributed by atoms with Crippen molar-refractivity contribution in [3.8, 4) is 0 Å². The number of ether oxygens (including phenoxy) is 1. The van der Waals surface area contributed by atoms with Crippen LogP contribution in [0, 0.1) is 5.92 Å². The van der Waals surface area contributed by atoms with Crippen LogP contribution in [-0.2, 0) is 19.6 Å². The Morgan fingerprint density at radius 3 is 2.50 bits per heavy atom. The average molecular weight is 414 g/mol. The Hall–Kier alpha value is -0.570. The molecule has 1 saturated heterocycles. The molecule has 1 aromatic carbocycles. The smallest absolute Gasteiger partial charge is 0.244 e. The Morgan fingerprint density at radius 1 is 1.29 bits per heavy atom. The minimum Gasteiger partial charge on any atom is -0.379 e. The van der Waals surface area contributed by atoms with E-state index in [2.05, 4.69) is 5.32 Å². The molecule has 0 spiro atoms. The highest BCUT2D eigenvalue weighted by atomic mass is 35.5. The number of carbonyl (C=O) groups excluding carboxylic acids is 1. The fraction of sp³-hybridized carbons (Fsp3) is 0.500. The summed E-state index contributed by atoms with van der Waals surface area (Å²) in [6, 6.07) is 4.31. The van der Waals surface area contributed by atoms with Crippen molar-refractivity contribution in [1.82, 2.24) is 4.31 Å². The van der Waals surface area contributed by atoms with Gasteiger partial charge in [-0.25, -0.2) is 8.42 Å². The molecule has 2 aliphatic rings. The van der Waals surface area contributed by atoms with E-state index < -0.39 is 20.3 Å². The maximum atomic E-state index is 12.7. The van der Waals surface area contributed by atoms with Crippen LogP contribution in [0.15, 0.2) is 23.1 Å². The number of nitrogens with zero attached hydrogens (tertiary/aromatic N) is 1. The third kappa shape index (κ3) is 3.66. The number of nitrogens with one attached hydrogen (secondary N) is 1. The van der Waals surface area contributed by atoms with Crippen molar-refractivity contribution < 1.29 is 17.9 Å². The van der Waals surface area contributed by atoms with Gasteiger partial charge in [-0.15, -0.1) is 23.2 Å². The summed E-state index contributed by atoms with van der Waals surface area (Å²) >= 11 is 17.8. The Kier molecular flexibility index (Phi) is 5.03. The molecule has 6 nitrogen and oxygen atoms in total. The highest BCUT2D eigenvalue weighted by molar-refractivity contribution is 7.89. The first-order chi connectivity index (χ1) is 11.2. The van der Waals surface area contributed by atoms with Gasteiger partial charge in [-0.2, -0.15) is 4.31 Å². The molecule has 132 valence electrons. The van der Waals surface area contributed by atoms with Gasteiger partial charge in [-0.05, 0) is 24.6 Å². The first kappa shape index (κ1) is 18.2. The second-order valence-electron chi connectivity index (χ2n) is 5.67. The number of carbonyl (C=O) groups is 1. The zero-order valence-electron chi connectivity index (χ0n) is 12.5. The summed E-state index contributed by atoms with van der Waals surface area (Å²) in [6.07, 6.45) is 0.370. The van der Waals surface area contributed by atoms with Gasteiger partial charge in [0.15, 0.2) is 0 Å². The maximum Gasteiger partial charge on any atom is 0.244 e. The monoisotopic (exact) mass is 412 g/mol. The molecule has 0 bridgehead atoms. The zero-order valence-corrected chi connectivity index (χ0v) is 15.6. The van der Waals surface area contributed by atoms with Crippen LogP contribution in [0.3, 0.4) is 0 Å². The van der Waals surface area contributed by atoms with Crippen LogP contribution >= 0.6 is 34.8 Å². The van der Waals surface area contributed by atoms with Crippen LogP contribution in [0.4, 0.5) is 5.69 Å². The molecule has 24 heavy (non-hydrogen) atoms. The summed E-state index contributed by atoms with van der Waals surface area (Å²) in [6.45, 7) is 1.20. The lowest BCUT2D eigenvalue weighted by Gasteiger charge is -2.26. The van der Waals surface area contributed by atoms with Gasteiger partial charge in [-0.1, -0.05) is 11.6 Å². The molecule has 1 N–H and O–H groups in total. The van der Waals surface area contributed by atoms with Gasteiger partial charge in [-0.3, -0.25) is 4.79 Å². The molecule has 2 fully saturated rings. The number of sulfonamides is 1. The summed E-state index contributed by atoms with van der Waals surface area (Å²) in [7, 11) is -3.76. The van der Waals surface area contributed by atoms with Crippen LogP contribution in [-0.4, -0.2) is 49.3 Å². The molecule has 10 heteroatoms. The lowest BCUT2D eigenvalue weighted by Crippen LogP contribution is -2.40. The Balaban J connectivity index is 1.82. The zero-order chi connectivity index (χ0) is 17.5. The quantitative estimate of drug-likeness (QED) is 0.770. The highest BCUT2D eigenvalue weighted by Gasteiger charge is 2.56. The van der Waals surface area contributed by atoms with Crippen LogP contribution < -0.4 is 5.32 Å². The van der Waals surface area contributed by atoms with Gasteiger partial charge < -0.3 is 10.1 Å². The molecule has 1 saturated carbocycles. The second-order valence-corrected chi connectivity index (χ2v) is 9.52. The highest BCUT2D eigenvalue weighted by Crippen LogP contribution is 2.53. The number of alkyl halides is 2. The van der Waals surface area contributed by atoms with E-state index in [0.29, 0.717) is 25.3 Å².